The average Bonchev–Trinajstić information content (AvgIpc) is 3.66. The van der Waals surface area contributed by atoms with Gasteiger partial charge in [0, 0.05) is 36.6 Å². The Morgan fingerprint density at radius 3 is 2.53 bits per heavy atom. The zero-order chi connectivity index (χ0) is 24.3. The van der Waals surface area contributed by atoms with Crippen LogP contribution in [0.5, 0.6) is 5.75 Å². The number of aryl methyl sites for hydroxylation is 1. The monoisotopic (exact) mass is 479 g/mol. The van der Waals surface area contributed by atoms with Gasteiger partial charge in [-0.2, -0.15) is 10.1 Å². The molecule has 36 heavy (non-hydrogen) atoms. The van der Waals surface area contributed by atoms with Crippen LogP contribution in [0.15, 0.2) is 79.1 Å². The first-order valence-corrected chi connectivity index (χ1v) is 12.4. The number of benzene rings is 2. The van der Waals surface area contributed by atoms with Crippen LogP contribution in [0.3, 0.4) is 0 Å². The van der Waals surface area contributed by atoms with Crippen molar-refractivity contribution in [1.82, 2.24) is 29.3 Å². The molecule has 1 fully saturated rings. The number of hydrogen-bond donors (Lipinski definition) is 1. The van der Waals surface area contributed by atoms with Crippen molar-refractivity contribution < 1.29 is 4.74 Å². The minimum Gasteiger partial charge on any atom is -0.492 e. The number of anilines is 2. The number of hydrogen-bond acceptors (Lipinski definition) is 6. The summed E-state index contributed by atoms with van der Waals surface area (Å²) < 4.78 is 9.61. The van der Waals surface area contributed by atoms with Gasteiger partial charge < -0.3 is 10.1 Å². The fourth-order valence-corrected chi connectivity index (χ4v) is 4.67. The molecular weight excluding hydrogens is 450 g/mol. The predicted octanol–water partition coefficient (Wildman–Crippen LogP) is 5.02. The van der Waals surface area contributed by atoms with Gasteiger partial charge in [-0.3, -0.25) is 9.58 Å². The SMILES string of the molecule is Cn1cc(-c2cccc(-c3cccc4nc(Nc5ccc(OCCN6CCCC6)cc5)nn34)c2)cn1. The van der Waals surface area contributed by atoms with Crippen LogP contribution in [0.4, 0.5) is 11.6 Å². The second-order valence-corrected chi connectivity index (χ2v) is 9.15. The topological polar surface area (TPSA) is 72.5 Å². The van der Waals surface area contributed by atoms with E-state index in [0.717, 1.165) is 46.0 Å². The molecule has 1 aliphatic heterocycles. The lowest BCUT2D eigenvalue weighted by Crippen LogP contribution is -2.25. The molecule has 5 aromatic rings. The molecule has 8 nitrogen and oxygen atoms in total. The predicted molar refractivity (Wildman–Crippen MR) is 142 cm³/mol. The fraction of sp³-hybridized carbons (Fsp3) is 0.250. The van der Waals surface area contributed by atoms with Crippen molar-refractivity contribution in [2.24, 2.45) is 7.05 Å². The largest absolute Gasteiger partial charge is 0.492 e. The summed E-state index contributed by atoms with van der Waals surface area (Å²) in [7, 11) is 1.92. The molecule has 2 aromatic carbocycles. The van der Waals surface area contributed by atoms with Crippen molar-refractivity contribution in [1.29, 1.82) is 0 Å². The highest BCUT2D eigenvalue weighted by atomic mass is 16.5. The van der Waals surface area contributed by atoms with E-state index in [1.54, 1.807) is 0 Å². The molecular formula is C28H29N7O. The zero-order valence-corrected chi connectivity index (χ0v) is 20.3. The maximum absolute atomic E-state index is 5.92. The lowest BCUT2D eigenvalue weighted by atomic mass is 10.0. The summed E-state index contributed by atoms with van der Waals surface area (Å²) in [6.45, 7) is 4.08. The Labute approximate surface area is 210 Å². The molecule has 0 aliphatic carbocycles. The summed E-state index contributed by atoms with van der Waals surface area (Å²) in [6, 6.07) is 22.4. The summed E-state index contributed by atoms with van der Waals surface area (Å²) in [5, 5.41) is 12.4. The van der Waals surface area contributed by atoms with Gasteiger partial charge >= 0.3 is 0 Å². The molecule has 1 N–H and O–H groups in total. The Morgan fingerprint density at radius 2 is 1.72 bits per heavy atom. The molecule has 4 heterocycles. The van der Waals surface area contributed by atoms with E-state index < -0.39 is 0 Å². The standard InChI is InChI=1S/C28H29N7O/c1-33-20-23(19-29-33)21-6-4-7-22(18-21)26-8-5-9-27-31-28(32-35(26)27)30-24-10-12-25(13-11-24)36-17-16-34-14-2-3-15-34/h4-13,18-20H,2-3,14-17H2,1H3,(H,30,32). The van der Waals surface area contributed by atoms with E-state index in [1.165, 1.54) is 25.9 Å². The first-order chi connectivity index (χ1) is 17.7. The number of nitrogens with one attached hydrogen (secondary N) is 1. The first kappa shape index (κ1) is 22.3. The van der Waals surface area contributed by atoms with E-state index in [4.69, 9.17) is 9.84 Å². The Bertz CT molecular complexity index is 1470. The van der Waals surface area contributed by atoms with Gasteiger partial charge in [-0.25, -0.2) is 4.52 Å². The van der Waals surface area contributed by atoms with Gasteiger partial charge in [0.05, 0.1) is 11.9 Å². The van der Waals surface area contributed by atoms with Crippen LogP contribution in [0.1, 0.15) is 12.8 Å². The van der Waals surface area contributed by atoms with Crippen molar-refractivity contribution in [3.63, 3.8) is 0 Å². The Kier molecular flexibility index (Phi) is 6.09. The quantitative estimate of drug-likeness (QED) is 0.337. The molecule has 6 rings (SSSR count). The molecule has 3 aromatic heterocycles. The fourth-order valence-electron chi connectivity index (χ4n) is 4.67. The van der Waals surface area contributed by atoms with Gasteiger partial charge in [-0.15, -0.1) is 5.10 Å². The normalized spacial score (nSPS) is 13.9. The van der Waals surface area contributed by atoms with Crippen LogP contribution in [-0.2, 0) is 7.05 Å². The highest BCUT2D eigenvalue weighted by Crippen LogP contribution is 2.27. The van der Waals surface area contributed by atoms with Crippen molar-refractivity contribution in [3.05, 3.63) is 79.1 Å². The lowest BCUT2D eigenvalue weighted by molar-refractivity contribution is 0.238. The summed E-state index contributed by atoms with van der Waals surface area (Å²) in [6.07, 6.45) is 6.50. The molecule has 8 heteroatoms. The van der Waals surface area contributed by atoms with Crippen molar-refractivity contribution in [3.8, 4) is 28.1 Å². The second-order valence-electron chi connectivity index (χ2n) is 9.15. The van der Waals surface area contributed by atoms with Crippen LogP contribution in [0, 0.1) is 0 Å². The van der Waals surface area contributed by atoms with E-state index >= 15 is 0 Å². The molecule has 0 amide bonds. The molecule has 0 bridgehead atoms. The number of likely N-dealkylation sites (tertiary alicyclic amines) is 1. The maximum atomic E-state index is 5.92. The summed E-state index contributed by atoms with van der Waals surface area (Å²) in [5.41, 5.74) is 5.92. The van der Waals surface area contributed by atoms with E-state index in [-0.39, 0.29) is 0 Å². The molecule has 0 atom stereocenters. The number of aromatic nitrogens is 5. The molecule has 182 valence electrons. The third-order valence-electron chi connectivity index (χ3n) is 6.54. The van der Waals surface area contributed by atoms with E-state index in [1.807, 2.05) is 65.0 Å². The smallest absolute Gasteiger partial charge is 0.247 e. The molecule has 0 spiro atoms. The average molecular weight is 480 g/mol. The second kappa shape index (κ2) is 9.83. The van der Waals surface area contributed by atoms with Crippen molar-refractivity contribution in [2.45, 2.75) is 12.8 Å². The van der Waals surface area contributed by atoms with Crippen LogP contribution >= 0.6 is 0 Å². The number of rotatable bonds is 8. The lowest BCUT2D eigenvalue weighted by Gasteiger charge is -2.15. The van der Waals surface area contributed by atoms with Gasteiger partial charge in [0.25, 0.3) is 0 Å². The van der Waals surface area contributed by atoms with Crippen LogP contribution in [-0.4, -0.2) is 55.5 Å². The molecule has 0 unspecified atom stereocenters. The molecule has 1 saturated heterocycles. The Balaban J connectivity index is 1.18. The minimum absolute atomic E-state index is 0.550. The molecule has 0 saturated carbocycles. The third kappa shape index (κ3) is 4.81. The van der Waals surface area contributed by atoms with E-state index in [2.05, 4.69) is 50.6 Å². The van der Waals surface area contributed by atoms with Crippen LogP contribution in [0.2, 0.25) is 0 Å². The Morgan fingerprint density at radius 1 is 0.917 bits per heavy atom. The highest BCUT2D eigenvalue weighted by molar-refractivity contribution is 5.72. The highest BCUT2D eigenvalue weighted by Gasteiger charge is 2.12. The van der Waals surface area contributed by atoms with E-state index in [9.17, 15) is 0 Å². The van der Waals surface area contributed by atoms with Gasteiger partial charge in [-0.1, -0.05) is 24.3 Å². The number of fused-ring (bicyclic) bond motifs is 1. The Hall–Kier alpha value is -4.17. The van der Waals surface area contributed by atoms with Crippen molar-refractivity contribution in [2.75, 3.05) is 31.6 Å². The first-order valence-electron chi connectivity index (χ1n) is 12.4. The summed E-state index contributed by atoms with van der Waals surface area (Å²) >= 11 is 0. The van der Waals surface area contributed by atoms with Crippen LogP contribution in [0.25, 0.3) is 28.0 Å². The van der Waals surface area contributed by atoms with Gasteiger partial charge in [0.1, 0.15) is 12.4 Å². The van der Waals surface area contributed by atoms with Gasteiger partial charge in [0.15, 0.2) is 5.65 Å². The molecule has 0 radical (unpaired) electrons. The van der Waals surface area contributed by atoms with Gasteiger partial charge in [0.2, 0.25) is 5.95 Å². The number of pyridine rings is 1. The summed E-state index contributed by atoms with van der Waals surface area (Å²) in [5.74, 6) is 1.42. The minimum atomic E-state index is 0.550. The summed E-state index contributed by atoms with van der Waals surface area (Å²) in [4.78, 5) is 7.14. The maximum Gasteiger partial charge on any atom is 0.247 e. The number of nitrogens with zero attached hydrogens (tertiary/aromatic N) is 6. The van der Waals surface area contributed by atoms with E-state index in [0.29, 0.717) is 12.6 Å². The zero-order valence-electron chi connectivity index (χ0n) is 20.3. The number of ether oxygens (including phenoxy) is 1. The van der Waals surface area contributed by atoms with Crippen molar-refractivity contribution >= 4 is 17.3 Å². The van der Waals surface area contributed by atoms with Gasteiger partial charge in [-0.05, 0) is 74.0 Å². The molecule has 1 aliphatic rings. The third-order valence-corrected chi connectivity index (χ3v) is 6.54. The van der Waals surface area contributed by atoms with Crippen LogP contribution < -0.4 is 10.1 Å².